The topological polar surface area (TPSA) is 43.3 Å². The number of hydrogen-bond donors (Lipinski definition) is 0. The maximum atomic E-state index is 6.92. The van der Waals surface area contributed by atoms with Crippen LogP contribution in [0.5, 0.6) is 11.5 Å². The normalized spacial score (nSPS) is 16.8. The van der Waals surface area contributed by atoms with E-state index in [0.717, 1.165) is 32.5 Å². The van der Waals surface area contributed by atoms with Gasteiger partial charge in [0, 0.05) is 10.0 Å². The van der Waals surface area contributed by atoms with Gasteiger partial charge in [-0.05, 0) is 53.6 Å². The number of para-hydroxylation sites is 2. The fourth-order valence-electron chi connectivity index (χ4n) is 5.65. The highest BCUT2D eigenvalue weighted by atomic mass is 79.9. The van der Waals surface area contributed by atoms with Crippen LogP contribution in [-0.4, -0.2) is 20.1 Å². The lowest BCUT2D eigenvalue weighted by Crippen LogP contribution is -2.40. The molecule has 1 unspecified atom stereocenters. The molecule has 0 aromatic heterocycles. The minimum atomic E-state index is -0.870. The maximum absolute atomic E-state index is 6.92. The zero-order valence-corrected chi connectivity index (χ0v) is 24.4. The van der Waals surface area contributed by atoms with Crippen LogP contribution in [0.15, 0.2) is 143 Å². The second kappa shape index (κ2) is 11.5. The molecule has 0 N–H and O–H groups in total. The van der Waals surface area contributed by atoms with Crippen LogP contribution in [0.1, 0.15) is 22.7 Å². The fraction of sp³-hybridized carbons (Fsp3) is 0.114. The SMILES string of the molecule is COc1cccc(C2N(c3ccccc3)OC(=Nc3ccc(Br)cc3)C2(c2ccccc2)c2ccccc2)c1OC. The third-order valence-electron chi connectivity index (χ3n) is 7.42. The van der Waals surface area contributed by atoms with Gasteiger partial charge in [0.2, 0.25) is 5.90 Å². The van der Waals surface area contributed by atoms with E-state index in [-0.39, 0.29) is 0 Å². The molecule has 1 atom stereocenters. The Kier molecular flexibility index (Phi) is 7.49. The van der Waals surface area contributed by atoms with E-state index in [2.05, 4.69) is 70.5 Å². The van der Waals surface area contributed by atoms with Gasteiger partial charge in [0.05, 0.1) is 25.6 Å². The van der Waals surface area contributed by atoms with Crippen molar-refractivity contribution in [3.8, 4) is 11.5 Å². The predicted molar refractivity (Wildman–Crippen MR) is 167 cm³/mol. The number of rotatable bonds is 7. The lowest BCUT2D eigenvalue weighted by Gasteiger charge is -2.36. The Hall–Kier alpha value is -4.55. The largest absolute Gasteiger partial charge is 0.493 e. The van der Waals surface area contributed by atoms with E-state index in [1.54, 1.807) is 14.2 Å². The molecule has 41 heavy (non-hydrogen) atoms. The first-order valence-corrected chi connectivity index (χ1v) is 14.1. The van der Waals surface area contributed by atoms with E-state index in [0.29, 0.717) is 17.4 Å². The van der Waals surface area contributed by atoms with Gasteiger partial charge >= 0.3 is 0 Å². The van der Waals surface area contributed by atoms with Crippen molar-refractivity contribution >= 4 is 33.2 Å². The highest BCUT2D eigenvalue weighted by Gasteiger charge is 2.59. The monoisotopic (exact) mass is 604 g/mol. The standard InChI is InChI=1S/C35H29BrN2O3/c1-39-31-20-12-19-30(32(31)40-2)33-35(25-13-6-3-7-14-25,26-15-8-4-9-16-26)34(37-28-23-21-27(36)22-24-28)41-38(33)29-17-10-5-11-18-29/h3-24,33H,1-2H3. The van der Waals surface area contributed by atoms with Crippen LogP contribution in [0.3, 0.4) is 0 Å². The molecule has 0 bridgehead atoms. The molecule has 1 aliphatic heterocycles. The molecule has 0 aliphatic carbocycles. The van der Waals surface area contributed by atoms with E-state index in [9.17, 15) is 0 Å². The first-order valence-electron chi connectivity index (χ1n) is 13.4. The Bertz CT molecular complexity index is 1600. The van der Waals surface area contributed by atoms with Crippen molar-refractivity contribution in [2.24, 2.45) is 4.99 Å². The van der Waals surface area contributed by atoms with Gasteiger partial charge in [-0.25, -0.2) is 4.99 Å². The molecule has 204 valence electrons. The third kappa shape index (κ3) is 4.74. The molecule has 0 spiro atoms. The van der Waals surface area contributed by atoms with Gasteiger partial charge in [0.1, 0.15) is 11.5 Å². The average Bonchev–Trinajstić information content (AvgIpc) is 3.38. The van der Waals surface area contributed by atoms with Gasteiger partial charge in [-0.1, -0.05) is 107 Å². The average molecular weight is 606 g/mol. The molecular weight excluding hydrogens is 576 g/mol. The number of benzene rings is 5. The van der Waals surface area contributed by atoms with E-state index in [1.807, 2.05) is 83.9 Å². The molecule has 1 fully saturated rings. The summed E-state index contributed by atoms with van der Waals surface area (Å²) in [5.41, 5.74) is 3.78. The molecule has 1 aliphatic rings. The molecule has 6 heteroatoms. The summed E-state index contributed by atoms with van der Waals surface area (Å²) in [6.45, 7) is 0. The number of ether oxygens (including phenoxy) is 2. The summed E-state index contributed by atoms with van der Waals surface area (Å²) < 4.78 is 12.8. The van der Waals surface area contributed by atoms with Crippen molar-refractivity contribution in [2.75, 3.05) is 19.3 Å². The van der Waals surface area contributed by atoms with Crippen molar-refractivity contribution in [2.45, 2.75) is 11.5 Å². The molecule has 0 amide bonds. The Labute approximate surface area is 248 Å². The molecule has 1 saturated heterocycles. The lowest BCUT2D eigenvalue weighted by molar-refractivity contribution is 0.271. The van der Waals surface area contributed by atoms with Crippen LogP contribution in [-0.2, 0) is 10.3 Å². The second-order valence-corrected chi connectivity index (χ2v) is 10.6. The lowest BCUT2D eigenvalue weighted by atomic mass is 9.67. The summed E-state index contributed by atoms with van der Waals surface area (Å²) in [5.74, 6) is 1.84. The van der Waals surface area contributed by atoms with Gasteiger partial charge in [0.15, 0.2) is 11.5 Å². The quantitative estimate of drug-likeness (QED) is 0.186. The van der Waals surface area contributed by atoms with Crippen LogP contribution in [0.4, 0.5) is 11.4 Å². The van der Waals surface area contributed by atoms with Gasteiger partial charge in [-0.2, -0.15) is 5.06 Å². The number of nitrogens with zero attached hydrogens (tertiary/aromatic N) is 2. The predicted octanol–water partition coefficient (Wildman–Crippen LogP) is 8.68. The Morgan fingerprint density at radius 3 is 1.83 bits per heavy atom. The summed E-state index contributed by atoms with van der Waals surface area (Å²) in [6, 6.07) is 44.4. The first kappa shape index (κ1) is 26.7. The Morgan fingerprint density at radius 2 is 1.27 bits per heavy atom. The number of aliphatic imine (C=N–C) groups is 1. The molecule has 1 heterocycles. The van der Waals surface area contributed by atoms with Crippen molar-refractivity contribution < 1.29 is 14.3 Å². The number of anilines is 1. The zero-order chi connectivity index (χ0) is 28.2. The van der Waals surface area contributed by atoms with Crippen molar-refractivity contribution in [1.82, 2.24) is 0 Å². The molecule has 0 radical (unpaired) electrons. The molecule has 6 rings (SSSR count). The molecule has 5 nitrogen and oxygen atoms in total. The third-order valence-corrected chi connectivity index (χ3v) is 7.95. The van der Waals surface area contributed by atoms with Crippen molar-refractivity contribution in [3.05, 3.63) is 155 Å². The van der Waals surface area contributed by atoms with Crippen LogP contribution >= 0.6 is 15.9 Å². The van der Waals surface area contributed by atoms with Crippen LogP contribution in [0.25, 0.3) is 0 Å². The van der Waals surface area contributed by atoms with Crippen LogP contribution in [0, 0.1) is 0 Å². The van der Waals surface area contributed by atoms with Crippen molar-refractivity contribution in [3.63, 3.8) is 0 Å². The minimum absolute atomic E-state index is 0.422. The van der Waals surface area contributed by atoms with Crippen LogP contribution in [0.2, 0.25) is 0 Å². The van der Waals surface area contributed by atoms with Gasteiger partial charge in [0.25, 0.3) is 0 Å². The molecule has 5 aromatic carbocycles. The van der Waals surface area contributed by atoms with Gasteiger partial charge in [-0.3, -0.25) is 0 Å². The first-order chi connectivity index (χ1) is 20.2. The summed E-state index contributed by atoms with van der Waals surface area (Å²) >= 11 is 3.55. The molecule has 0 saturated carbocycles. The maximum Gasteiger partial charge on any atom is 0.240 e. The number of methoxy groups -OCH3 is 2. The smallest absolute Gasteiger partial charge is 0.240 e. The summed E-state index contributed by atoms with van der Waals surface area (Å²) in [7, 11) is 3.33. The van der Waals surface area contributed by atoms with Crippen molar-refractivity contribution in [1.29, 1.82) is 0 Å². The highest BCUT2D eigenvalue weighted by molar-refractivity contribution is 9.10. The Morgan fingerprint density at radius 1 is 0.683 bits per heavy atom. The van der Waals surface area contributed by atoms with Crippen LogP contribution < -0.4 is 14.5 Å². The second-order valence-electron chi connectivity index (χ2n) is 9.67. The van der Waals surface area contributed by atoms with Gasteiger partial charge < -0.3 is 14.3 Å². The van der Waals surface area contributed by atoms with E-state index in [1.165, 1.54) is 0 Å². The number of halogens is 1. The number of hydrogen-bond acceptors (Lipinski definition) is 5. The zero-order valence-electron chi connectivity index (χ0n) is 22.8. The summed E-state index contributed by atoms with van der Waals surface area (Å²) in [4.78, 5) is 12.1. The summed E-state index contributed by atoms with van der Waals surface area (Å²) in [5, 5.41) is 1.95. The highest BCUT2D eigenvalue weighted by Crippen LogP contribution is 2.56. The number of hydroxylamine groups is 1. The molecule has 5 aromatic rings. The Balaban J connectivity index is 1.75. The molecular formula is C35H29BrN2O3. The van der Waals surface area contributed by atoms with Gasteiger partial charge in [-0.15, -0.1) is 0 Å². The van der Waals surface area contributed by atoms with E-state index >= 15 is 0 Å². The minimum Gasteiger partial charge on any atom is -0.493 e. The van der Waals surface area contributed by atoms with E-state index in [4.69, 9.17) is 19.3 Å². The van der Waals surface area contributed by atoms with E-state index < -0.39 is 11.5 Å². The summed E-state index contributed by atoms with van der Waals surface area (Å²) in [6.07, 6.45) is 0. The fourth-order valence-corrected chi connectivity index (χ4v) is 5.91.